The summed E-state index contributed by atoms with van der Waals surface area (Å²) in [6.07, 6.45) is 12.9. The molecule has 5 heterocycles. The Hall–Kier alpha value is -5.41. The highest BCUT2D eigenvalue weighted by atomic mass is 19.1. The van der Waals surface area contributed by atoms with Crippen LogP contribution in [0.2, 0.25) is 0 Å². The number of carbonyl (C=O) groups is 3. The van der Waals surface area contributed by atoms with Gasteiger partial charge in [0.05, 0.1) is 24.1 Å². The van der Waals surface area contributed by atoms with Crippen LogP contribution in [0.25, 0.3) is 11.3 Å². The number of ether oxygens (including phenoxy) is 2. The number of nitrogens with two attached hydrogens (primary N) is 1. The third kappa shape index (κ3) is 10.2. The van der Waals surface area contributed by atoms with Gasteiger partial charge in [-0.1, -0.05) is 30.3 Å². The molecular formula is C46H58FN9O5. The summed E-state index contributed by atoms with van der Waals surface area (Å²) in [5.41, 5.74) is 7.83. The molecule has 8 rings (SSSR count). The number of anilines is 2. The van der Waals surface area contributed by atoms with Crippen molar-refractivity contribution in [3.63, 3.8) is 0 Å². The maximum atomic E-state index is 13.6. The van der Waals surface area contributed by atoms with Gasteiger partial charge in [-0.25, -0.2) is 23.9 Å². The Balaban J connectivity index is 0.801. The van der Waals surface area contributed by atoms with Crippen LogP contribution in [0.1, 0.15) is 100 Å². The van der Waals surface area contributed by atoms with Crippen molar-refractivity contribution in [1.82, 2.24) is 34.4 Å². The molecule has 1 aliphatic carbocycles. The Kier molecular flexibility index (Phi) is 12.4. The number of amides is 2. The molecule has 1 atom stereocenters. The Morgan fingerprint density at radius 2 is 1.59 bits per heavy atom. The number of hydrogen-bond donors (Lipinski definition) is 2. The average molecular weight is 836 g/mol. The van der Waals surface area contributed by atoms with Gasteiger partial charge in [0.15, 0.2) is 11.5 Å². The number of piperidine rings is 3. The van der Waals surface area contributed by atoms with Gasteiger partial charge in [0, 0.05) is 61.8 Å². The van der Waals surface area contributed by atoms with Gasteiger partial charge < -0.3 is 35.2 Å². The zero-order valence-electron chi connectivity index (χ0n) is 35.5. The van der Waals surface area contributed by atoms with Gasteiger partial charge in [-0.2, -0.15) is 5.10 Å². The normalized spacial score (nSPS) is 19.9. The molecule has 4 aromatic rings. The van der Waals surface area contributed by atoms with Gasteiger partial charge in [-0.05, 0) is 121 Å². The van der Waals surface area contributed by atoms with Crippen molar-refractivity contribution in [2.24, 2.45) is 11.3 Å². The van der Waals surface area contributed by atoms with Gasteiger partial charge >= 0.3 is 12.1 Å². The number of nitrogens with zero attached hydrogens (tertiary/aromatic N) is 7. The highest BCUT2D eigenvalue weighted by molar-refractivity contribution is 5.99. The minimum absolute atomic E-state index is 0.128. The van der Waals surface area contributed by atoms with E-state index in [-0.39, 0.29) is 23.6 Å². The Morgan fingerprint density at radius 1 is 0.902 bits per heavy atom. The minimum Gasteiger partial charge on any atom is -0.444 e. The van der Waals surface area contributed by atoms with E-state index in [9.17, 15) is 18.8 Å². The van der Waals surface area contributed by atoms with Crippen molar-refractivity contribution in [3.05, 3.63) is 90.3 Å². The molecule has 0 unspecified atom stereocenters. The summed E-state index contributed by atoms with van der Waals surface area (Å²) < 4.78 is 26.8. The smallest absolute Gasteiger partial charge is 0.410 e. The first kappa shape index (κ1) is 42.3. The number of halogens is 1. The highest BCUT2D eigenvalue weighted by Gasteiger charge is 2.48. The van der Waals surface area contributed by atoms with Crippen molar-refractivity contribution in [2.45, 2.75) is 95.9 Å². The van der Waals surface area contributed by atoms with Crippen LogP contribution < -0.4 is 11.1 Å². The van der Waals surface area contributed by atoms with E-state index in [1.54, 1.807) is 36.5 Å². The summed E-state index contributed by atoms with van der Waals surface area (Å²) in [6, 6.07) is 14.8. The van der Waals surface area contributed by atoms with Gasteiger partial charge in [0.1, 0.15) is 11.4 Å². The van der Waals surface area contributed by atoms with Crippen molar-refractivity contribution in [1.29, 1.82) is 0 Å². The molecule has 14 nitrogen and oxygen atoms in total. The number of benzene rings is 2. The number of nitrogen functional groups attached to an aromatic ring is 1. The fraction of sp³-hybridized carbons (Fsp3) is 0.522. The third-order valence-electron chi connectivity index (χ3n) is 13.0. The number of aromatic nitrogens is 4. The zero-order valence-corrected chi connectivity index (χ0v) is 35.5. The fourth-order valence-corrected chi connectivity index (χ4v) is 9.48. The van der Waals surface area contributed by atoms with Crippen molar-refractivity contribution >= 4 is 29.5 Å². The quantitative estimate of drug-likeness (QED) is 0.157. The van der Waals surface area contributed by atoms with Gasteiger partial charge in [0.25, 0.3) is 5.91 Å². The molecule has 1 spiro atoms. The van der Waals surface area contributed by atoms with Crippen molar-refractivity contribution in [2.75, 3.05) is 56.9 Å². The highest BCUT2D eigenvalue weighted by Crippen LogP contribution is 2.51. The second kappa shape index (κ2) is 17.9. The van der Waals surface area contributed by atoms with Crippen LogP contribution >= 0.6 is 0 Å². The number of likely N-dealkylation sites (tertiary alicyclic amines) is 3. The number of hydrogen-bond acceptors (Lipinski definition) is 11. The summed E-state index contributed by atoms with van der Waals surface area (Å²) in [5.74, 6) is -1.46. The molecule has 61 heavy (non-hydrogen) atoms. The summed E-state index contributed by atoms with van der Waals surface area (Å²) in [4.78, 5) is 55.4. The van der Waals surface area contributed by atoms with Gasteiger partial charge in [-0.15, -0.1) is 0 Å². The number of carbonyl (C=O) groups excluding carboxylic acids is 3. The summed E-state index contributed by atoms with van der Waals surface area (Å²) in [5, 5.41) is 7.38. The molecule has 4 fully saturated rings. The lowest BCUT2D eigenvalue weighted by Crippen LogP contribution is -2.56. The summed E-state index contributed by atoms with van der Waals surface area (Å²) >= 11 is 0. The second-order valence-electron chi connectivity index (χ2n) is 18.4. The van der Waals surface area contributed by atoms with E-state index >= 15 is 0 Å². The molecule has 2 aromatic heterocycles. The second-order valence-corrected chi connectivity index (χ2v) is 18.4. The van der Waals surface area contributed by atoms with E-state index in [4.69, 9.17) is 20.3 Å². The molecule has 15 heteroatoms. The van der Waals surface area contributed by atoms with Crippen LogP contribution in [0.4, 0.5) is 20.7 Å². The van der Waals surface area contributed by atoms with E-state index in [2.05, 4.69) is 25.1 Å². The lowest BCUT2D eigenvalue weighted by atomic mass is 9.59. The SMILES string of the molecule is CC(C)(C)OC(=O)N1CCC(CN2CCC3(CC2)CC(N2CCC(n4cc(-c5cnc(N)c(C(=O)O[C@@H](C(=O)Nc6ccc(F)cc6)c6ccccc6)n5)cn4)CC2)C3)CC1. The minimum atomic E-state index is -1.34. The van der Waals surface area contributed by atoms with Crippen LogP contribution in [0.3, 0.4) is 0 Å². The number of esters is 1. The number of nitrogens with one attached hydrogen (secondary N) is 1. The van der Waals surface area contributed by atoms with Gasteiger partial charge in [0.2, 0.25) is 6.10 Å². The molecule has 0 bridgehead atoms. The maximum Gasteiger partial charge on any atom is 0.410 e. The monoisotopic (exact) mass is 835 g/mol. The van der Waals surface area contributed by atoms with Gasteiger partial charge in [-0.3, -0.25) is 9.48 Å². The van der Waals surface area contributed by atoms with Crippen LogP contribution in [0.5, 0.6) is 0 Å². The average Bonchev–Trinajstić information content (AvgIpc) is 3.74. The van der Waals surface area contributed by atoms with Crippen molar-refractivity contribution in [3.8, 4) is 11.3 Å². The molecule has 0 radical (unpaired) electrons. The van der Waals surface area contributed by atoms with Crippen LogP contribution in [-0.2, 0) is 14.3 Å². The Labute approximate surface area is 357 Å². The first-order valence-electron chi connectivity index (χ1n) is 21.7. The first-order valence-corrected chi connectivity index (χ1v) is 21.7. The van der Waals surface area contributed by atoms with E-state index in [1.807, 2.05) is 36.5 Å². The lowest BCUT2D eigenvalue weighted by Gasteiger charge is -2.56. The number of rotatable bonds is 10. The molecule has 3 N–H and O–H groups in total. The summed E-state index contributed by atoms with van der Waals surface area (Å²) in [7, 11) is 0. The van der Waals surface area contributed by atoms with E-state index in [0.29, 0.717) is 39.9 Å². The molecule has 324 valence electrons. The standard InChI is InChI=1S/C46H58FN9O5/c1-45(2,3)61-44(59)55-19-13-31(14-20-55)29-53-23-17-46(18-24-53)25-37(26-46)54-21-15-36(16-22-54)56-30-33(27-50-56)38-28-49-41(48)39(52-38)43(58)60-40(32-7-5-4-6-8-32)42(57)51-35-11-9-34(47)10-12-35/h4-12,27-28,30-31,36-37,40H,13-26,29H2,1-3H3,(H2,48,49)(H,51,57)/t40-/m1/s1. The van der Waals surface area contributed by atoms with Crippen LogP contribution in [0, 0.1) is 17.2 Å². The molecule has 4 aliphatic rings. The Morgan fingerprint density at radius 3 is 2.26 bits per heavy atom. The molecule has 2 amide bonds. The van der Waals surface area contributed by atoms with Crippen LogP contribution in [-0.4, -0.2) is 110 Å². The lowest BCUT2D eigenvalue weighted by molar-refractivity contribution is -0.125. The molecule has 2 aromatic carbocycles. The largest absolute Gasteiger partial charge is 0.444 e. The molecule has 3 saturated heterocycles. The van der Waals surface area contributed by atoms with E-state index in [1.165, 1.54) is 69.2 Å². The predicted octanol–water partition coefficient (Wildman–Crippen LogP) is 7.13. The molecule has 1 saturated carbocycles. The fourth-order valence-electron chi connectivity index (χ4n) is 9.48. The van der Waals surface area contributed by atoms with E-state index in [0.717, 1.165) is 58.4 Å². The van der Waals surface area contributed by atoms with E-state index < -0.39 is 29.4 Å². The van der Waals surface area contributed by atoms with Crippen LogP contribution in [0.15, 0.2) is 73.2 Å². The topological polar surface area (TPSA) is 161 Å². The molecular weight excluding hydrogens is 778 g/mol. The maximum absolute atomic E-state index is 13.6. The predicted molar refractivity (Wildman–Crippen MR) is 229 cm³/mol. The zero-order chi connectivity index (χ0) is 42.7. The first-order chi connectivity index (χ1) is 29.3. The molecule has 3 aliphatic heterocycles. The third-order valence-corrected chi connectivity index (χ3v) is 13.0. The Bertz CT molecular complexity index is 2150. The summed E-state index contributed by atoms with van der Waals surface area (Å²) in [6.45, 7) is 12.9. The van der Waals surface area contributed by atoms with Crippen molar-refractivity contribution < 1.29 is 28.2 Å².